The lowest BCUT2D eigenvalue weighted by Gasteiger charge is -2.21. The summed E-state index contributed by atoms with van der Waals surface area (Å²) in [6, 6.07) is 18.0. The van der Waals surface area contributed by atoms with Gasteiger partial charge in [0.05, 0.1) is 5.25 Å². The lowest BCUT2D eigenvalue weighted by Crippen LogP contribution is -2.32. The van der Waals surface area contributed by atoms with Gasteiger partial charge in [0.2, 0.25) is 5.91 Å². The van der Waals surface area contributed by atoms with Gasteiger partial charge in [0.1, 0.15) is 0 Å². The van der Waals surface area contributed by atoms with Crippen molar-refractivity contribution >= 4 is 33.6 Å². The highest BCUT2D eigenvalue weighted by Crippen LogP contribution is 2.26. The van der Waals surface area contributed by atoms with Crippen molar-refractivity contribution in [2.24, 2.45) is 0 Å². The summed E-state index contributed by atoms with van der Waals surface area (Å²) in [4.78, 5) is 18.9. The molecule has 0 N–H and O–H groups in total. The van der Waals surface area contributed by atoms with Gasteiger partial charge in [0, 0.05) is 36.1 Å². The predicted octanol–water partition coefficient (Wildman–Crippen LogP) is 4.77. The van der Waals surface area contributed by atoms with E-state index in [0.717, 1.165) is 20.9 Å². The maximum absolute atomic E-state index is 12.7. The average molecular weight is 430 g/mol. The fourth-order valence-corrected chi connectivity index (χ4v) is 3.89. The number of benzene rings is 2. The first kappa shape index (κ1) is 18.7. The van der Waals surface area contributed by atoms with Crippen LogP contribution in [0.4, 0.5) is 0 Å². The minimum atomic E-state index is -0.222. The molecule has 0 aliphatic heterocycles. The van der Waals surface area contributed by atoms with Gasteiger partial charge in [-0.05, 0) is 36.8 Å². The summed E-state index contributed by atoms with van der Waals surface area (Å²) in [5, 5.41) is 0.585. The molecule has 0 bridgehead atoms. The van der Waals surface area contributed by atoms with Gasteiger partial charge in [-0.2, -0.15) is 0 Å². The van der Waals surface area contributed by atoms with Crippen LogP contribution in [0.1, 0.15) is 12.5 Å². The highest BCUT2D eigenvalue weighted by atomic mass is 79.9. The number of imidazole rings is 1. The molecule has 6 heteroatoms. The van der Waals surface area contributed by atoms with Crippen molar-refractivity contribution in [2.45, 2.75) is 23.9 Å². The predicted molar refractivity (Wildman–Crippen MR) is 109 cm³/mol. The standard InChI is InChI=1S/C20H20BrN3OS/c1-15(19(25)23(2)14-16-6-4-3-5-7-16)26-20-22-12-13-24(20)18-10-8-17(21)9-11-18/h3-13,15H,14H2,1-2H3. The molecule has 0 spiro atoms. The number of nitrogens with zero attached hydrogens (tertiary/aromatic N) is 3. The van der Waals surface area contributed by atoms with Crippen LogP contribution in [0.25, 0.3) is 5.69 Å². The molecule has 1 aromatic heterocycles. The molecule has 134 valence electrons. The molecule has 1 atom stereocenters. The van der Waals surface area contributed by atoms with Gasteiger partial charge in [-0.15, -0.1) is 0 Å². The van der Waals surface area contributed by atoms with Crippen LogP contribution < -0.4 is 0 Å². The lowest BCUT2D eigenvalue weighted by atomic mass is 10.2. The Kier molecular flexibility index (Phi) is 6.16. The zero-order valence-electron chi connectivity index (χ0n) is 14.7. The minimum absolute atomic E-state index is 0.0872. The molecule has 1 unspecified atom stereocenters. The number of halogens is 1. The van der Waals surface area contributed by atoms with Crippen molar-refractivity contribution in [2.75, 3.05) is 7.05 Å². The zero-order valence-corrected chi connectivity index (χ0v) is 17.1. The number of hydrogen-bond acceptors (Lipinski definition) is 3. The molecular formula is C20H20BrN3OS. The number of hydrogen-bond donors (Lipinski definition) is 0. The second kappa shape index (κ2) is 8.56. The van der Waals surface area contributed by atoms with Crippen LogP contribution in [0.3, 0.4) is 0 Å². The smallest absolute Gasteiger partial charge is 0.235 e. The molecule has 1 heterocycles. The lowest BCUT2D eigenvalue weighted by molar-refractivity contribution is -0.129. The Labute approximate surface area is 166 Å². The molecule has 26 heavy (non-hydrogen) atoms. The quantitative estimate of drug-likeness (QED) is 0.529. The number of amides is 1. The third-order valence-corrected chi connectivity index (χ3v) is 5.58. The number of rotatable bonds is 6. The van der Waals surface area contributed by atoms with Crippen LogP contribution in [-0.2, 0) is 11.3 Å². The normalized spacial score (nSPS) is 12.0. The third-order valence-electron chi connectivity index (χ3n) is 3.98. The van der Waals surface area contributed by atoms with Crippen molar-refractivity contribution in [1.82, 2.24) is 14.5 Å². The van der Waals surface area contributed by atoms with Gasteiger partial charge >= 0.3 is 0 Å². The summed E-state index contributed by atoms with van der Waals surface area (Å²) in [6.07, 6.45) is 3.67. The Morgan fingerprint density at radius 1 is 1.19 bits per heavy atom. The third kappa shape index (κ3) is 4.56. The highest BCUT2D eigenvalue weighted by Gasteiger charge is 2.21. The minimum Gasteiger partial charge on any atom is -0.340 e. The largest absolute Gasteiger partial charge is 0.340 e. The first-order chi connectivity index (χ1) is 12.5. The summed E-state index contributed by atoms with van der Waals surface area (Å²) in [7, 11) is 1.84. The molecule has 3 rings (SSSR count). The number of thioether (sulfide) groups is 1. The monoisotopic (exact) mass is 429 g/mol. The van der Waals surface area contributed by atoms with E-state index in [4.69, 9.17) is 0 Å². The van der Waals surface area contributed by atoms with Crippen LogP contribution in [0.15, 0.2) is 76.6 Å². The maximum atomic E-state index is 12.7. The van der Waals surface area contributed by atoms with Crippen molar-refractivity contribution in [1.29, 1.82) is 0 Å². The van der Waals surface area contributed by atoms with E-state index < -0.39 is 0 Å². The van der Waals surface area contributed by atoms with Crippen LogP contribution in [0, 0.1) is 0 Å². The summed E-state index contributed by atoms with van der Waals surface area (Å²) in [5.74, 6) is 0.0872. The van der Waals surface area contributed by atoms with E-state index in [1.54, 1.807) is 11.1 Å². The van der Waals surface area contributed by atoms with Crippen molar-refractivity contribution in [3.63, 3.8) is 0 Å². The van der Waals surface area contributed by atoms with Gasteiger partial charge in [0.25, 0.3) is 0 Å². The molecule has 4 nitrogen and oxygen atoms in total. The number of carbonyl (C=O) groups is 1. The molecule has 0 saturated heterocycles. The zero-order chi connectivity index (χ0) is 18.5. The molecule has 0 fully saturated rings. The van der Waals surface area contributed by atoms with E-state index >= 15 is 0 Å². The topological polar surface area (TPSA) is 38.1 Å². The molecular weight excluding hydrogens is 410 g/mol. The van der Waals surface area contributed by atoms with E-state index in [-0.39, 0.29) is 11.2 Å². The fourth-order valence-electron chi connectivity index (χ4n) is 2.63. The van der Waals surface area contributed by atoms with Gasteiger partial charge in [-0.3, -0.25) is 9.36 Å². The van der Waals surface area contributed by atoms with E-state index in [0.29, 0.717) is 6.54 Å². The first-order valence-electron chi connectivity index (χ1n) is 8.29. The average Bonchev–Trinajstić information content (AvgIpc) is 3.10. The summed E-state index contributed by atoms with van der Waals surface area (Å²) >= 11 is 4.92. The van der Waals surface area contributed by atoms with Crippen LogP contribution in [-0.4, -0.2) is 32.7 Å². The Balaban J connectivity index is 1.68. The van der Waals surface area contributed by atoms with Crippen LogP contribution in [0.5, 0.6) is 0 Å². The van der Waals surface area contributed by atoms with Crippen molar-refractivity contribution in [3.8, 4) is 5.69 Å². The van der Waals surface area contributed by atoms with Crippen LogP contribution in [0.2, 0.25) is 0 Å². The van der Waals surface area contributed by atoms with E-state index in [2.05, 4.69) is 20.9 Å². The molecule has 0 saturated carbocycles. The molecule has 0 aliphatic carbocycles. The van der Waals surface area contributed by atoms with Crippen molar-refractivity contribution < 1.29 is 4.79 Å². The van der Waals surface area contributed by atoms with E-state index in [1.807, 2.05) is 79.3 Å². The highest BCUT2D eigenvalue weighted by molar-refractivity contribution is 9.10. The van der Waals surface area contributed by atoms with Gasteiger partial charge in [-0.1, -0.05) is 58.0 Å². The Morgan fingerprint density at radius 2 is 1.88 bits per heavy atom. The molecule has 2 aromatic carbocycles. The Bertz CT molecular complexity index is 864. The molecule has 0 aliphatic rings. The number of carbonyl (C=O) groups excluding carboxylic acids is 1. The first-order valence-corrected chi connectivity index (χ1v) is 9.96. The SMILES string of the molecule is CC(Sc1nccn1-c1ccc(Br)cc1)C(=O)N(C)Cc1ccccc1. The second-order valence-corrected chi connectivity index (χ2v) is 8.22. The van der Waals surface area contributed by atoms with Crippen LogP contribution >= 0.6 is 27.7 Å². The van der Waals surface area contributed by atoms with Crippen molar-refractivity contribution in [3.05, 3.63) is 77.0 Å². The molecule has 3 aromatic rings. The second-order valence-electron chi connectivity index (χ2n) is 6.00. The summed E-state index contributed by atoms with van der Waals surface area (Å²) in [5.41, 5.74) is 2.14. The van der Waals surface area contributed by atoms with E-state index in [9.17, 15) is 4.79 Å². The fraction of sp³-hybridized carbons (Fsp3) is 0.200. The summed E-state index contributed by atoms with van der Waals surface area (Å²) in [6.45, 7) is 2.53. The summed E-state index contributed by atoms with van der Waals surface area (Å²) < 4.78 is 3.03. The van der Waals surface area contributed by atoms with Gasteiger partial charge in [0.15, 0.2) is 5.16 Å². The van der Waals surface area contributed by atoms with E-state index in [1.165, 1.54) is 11.8 Å². The molecule has 0 radical (unpaired) electrons. The van der Waals surface area contributed by atoms with Gasteiger partial charge in [-0.25, -0.2) is 4.98 Å². The Hall–Kier alpha value is -2.05. The molecule has 1 amide bonds. The van der Waals surface area contributed by atoms with Gasteiger partial charge < -0.3 is 4.90 Å². The maximum Gasteiger partial charge on any atom is 0.235 e. The number of aromatic nitrogens is 2. The Morgan fingerprint density at radius 3 is 2.58 bits per heavy atom.